The molecule has 0 spiro atoms. The average molecular weight is 169 g/mol. The van der Waals surface area contributed by atoms with Gasteiger partial charge in [-0.2, -0.15) is 0 Å². The molecule has 1 fully saturated rings. The molecular formula is C7H11N3O2. The summed E-state index contributed by atoms with van der Waals surface area (Å²) in [5.41, 5.74) is 7.39. The Labute approximate surface area is 70.3 Å². The molecule has 0 atom stereocenters. The molecule has 0 saturated heterocycles. The number of hydrogen-bond acceptors (Lipinski definition) is 3. The standard InChI is InChI=1S/C7H11N3O2/c8-10-9-7(12-6-11)4-2-1-3-5-7/h6H,1-5H2. The van der Waals surface area contributed by atoms with Crippen molar-refractivity contribution in [2.75, 3.05) is 0 Å². The average Bonchev–Trinajstić information content (AvgIpc) is 2.07. The number of ether oxygens (including phenoxy) is 1. The van der Waals surface area contributed by atoms with Gasteiger partial charge in [0.25, 0.3) is 6.47 Å². The molecule has 5 heteroatoms. The maximum atomic E-state index is 10.1. The van der Waals surface area contributed by atoms with E-state index in [1.165, 1.54) is 0 Å². The van der Waals surface area contributed by atoms with Crippen LogP contribution >= 0.6 is 0 Å². The van der Waals surface area contributed by atoms with Gasteiger partial charge in [0.15, 0.2) is 5.72 Å². The van der Waals surface area contributed by atoms with Gasteiger partial charge in [-0.25, -0.2) is 0 Å². The smallest absolute Gasteiger partial charge is 0.293 e. The summed E-state index contributed by atoms with van der Waals surface area (Å²) in [5.74, 6) is 0. The lowest BCUT2D eigenvalue weighted by Crippen LogP contribution is -2.31. The number of rotatable bonds is 3. The first-order valence-corrected chi connectivity index (χ1v) is 4.01. The van der Waals surface area contributed by atoms with Crippen LogP contribution in [0.3, 0.4) is 0 Å². The van der Waals surface area contributed by atoms with E-state index in [-0.39, 0.29) is 0 Å². The molecule has 0 heterocycles. The Balaban J connectivity index is 2.68. The molecule has 0 aliphatic heterocycles. The molecule has 1 rings (SSSR count). The summed E-state index contributed by atoms with van der Waals surface area (Å²) in [5, 5.41) is 3.53. The summed E-state index contributed by atoms with van der Waals surface area (Å²) in [6.07, 6.45) is 4.32. The number of azide groups is 1. The molecule has 0 aromatic rings. The van der Waals surface area contributed by atoms with Crippen molar-refractivity contribution in [1.82, 2.24) is 0 Å². The minimum Gasteiger partial charge on any atom is -0.455 e. The molecule has 1 aliphatic rings. The zero-order valence-corrected chi connectivity index (χ0v) is 6.77. The van der Waals surface area contributed by atoms with Crippen LogP contribution in [0.2, 0.25) is 0 Å². The van der Waals surface area contributed by atoms with Gasteiger partial charge in [-0.05, 0) is 36.3 Å². The molecule has 66 valence electrons. The van der Waals surface area contributed by atoms with E-state index in [9.17, 15) is 4.79 Å². The van der Waals surface area contributed by atoms with Crippen molar-refractivity contribution in [1.29, 1.82) is 0 Å². The molecule has 0 aromatic carbocycles. The lowest BCUT2D eigenvalue weighted by molar-refractivity contribution is -0.146. The van der Waals surface area contributed by atoms with Gasteiger partial charge in [0, 0.05) is 4.91 Å². The highest BCUT2D eigenvalue weighted by Gasteiger charge is 2.32. The fourth-order valence-electron chi connectivity index (χ4n) is 1.52. The van der Waals surface area contributed by atoms with E-state index in [0.29, 0.717) is 19.3 Å². The maximum Gasteiger partial charge on any atom is 0.293 e. The van der Waals surface area contributed by atoms with Crippen LogP contribution in [0.25, 0.3) is 10.4 Å². The van der Waals surface area contributed by atoms with Gasteiger partial charge in [0.2, 0.25) is 0 Å². The SMILES string of the molecule is [N-]=[N+]=NC1(OC=O)CCCCC1. The molecule has 0 bridgehead atoms. The molecule has 0 aromatic heterocycles. The first-order chi connectivity index (χ1) is 5.83. The van der Waals surface area contributed by atoms with Crippen LogP contribution in [0.4, 0.5) is 0 Å². The molecule has 1 saturated carbocycles. The molecule has 0 N–H and O–H groups in total. The second-order valence-electron chi connectivity index (χ2n) is 2.91. The third kappa shape index (κ3) is 1.89. The maximum absolute atomic E-state index is 10.1. The Morgan fingerprint density at radius 3 is 2.58 bits per heavy atom. The topological polar surface area (TPSA) is 75.1 Å². The fraction of sp³-hybridized carbons (Fsp3) is 0.857. The first kappa shape index (κ1) is 8.87. The third-order valence-electron chi connectivity index (χ3n) is 2.13. The number of nitrogens with zero attached hydrogens (tertiary/aromatic N) is 3. The van der Waals surface area contributed by atoms with Gasteiger partial charge in [-0.1, -0.05) is 6.42 Å². The molecule has 0 radical (unpaired) electrons. The second-order valence-corrected chi connectivity index (χ2v) is 2.91. The van der Waals surface area contributed by atoms with Gasteiger partial charge in [-0.3, -0.25) is 4.79 Å². The van der Waals surface area contributed by atoms with Crippen molar-refractivity contribution in [2.45, 2.75) is 37.8 Å². The molecule has 12 heavy (non-hydrogen) atoms. The Morgan fingerprint density at radius 2 is 2.08 bits per heavy atom. The van der Waals surface area contributed by atoms with Crippen LogP contribution in [-0.2, 0) is 9.53 Å². The van der Waals surface area contributed by atoms with Crippen LogP contribution < -0.4 is 0 Å². The lowest BCUT2D eigenvalue weighted by Gasteiger charge is -2.30. The summed E-state index contributed by atoms with van der Waals surface area (Å²) < 4.78 is 4.81. The van der Waals surface area contributed by atoms with Crippen LogP contribution in [0.5, 0.6) is 0 Å². The molecule has 1 aliphatic carbocycles. The molecule has 5 nitrogen and oxygen atoms in total. The minimum absolute atomic E-state index is 0.361. The second kappa shape index (κ2) is 3.97. The lowest BCUT2D eigenvalue weighted by atomic mass is 9.92. The molecular weight excluding hydrogens is 158 g/mol. The zero-order chi connectivity index (χ0) is 8.86. The summed E-state index contributed by atoms with van der Waals surface area (Å²) in [6.45, 7) is 0.361. The Bertz CT molecular complexity index is 205. The Morgan fingerprint density at radius 1 is 1.42 bits per heavy atom. The fourth-order valence-corrected chi connectivity index (χ4v) is 1.52. The number of carbonyl (C=O) groups excluding carboxylic acids is 1. The van der Waals surface area contributed by atoms with Crippen LogP contribution in [0.1, 0.15) is 32.1 Å². The summed E-state index contributed by atoms with van der Waals surface area (Å²) in [7, 11) is 0. The quantitative estimate of drug-likeness (QED) is 0.281. The van der Waals surface area contributed by atoms with Crippen molar-refractivity contribution in [2.24, 2.45) is 5.11 Å². The number of hydrogen-bond donors (Lipinski definition) is 0. The van der Waals surface area contributed by atoms with E-state index in [0.717, 1.165) is 19.3 Å². The van der Waals surface area contributed by atoms with Crippen LogP contribution in [0.15, 0.2) is 5.11 Å². The van der Waals surface area contributed by atoms with Crippen molar-refractivity contribution in [3.8, 4) is 0 Å². The van der Waals surface area contributed by atoms with E-state index >= 15 is 0 Å². The van der Waals surface area contributed by atoms with E-state index in [4.69, 9.17) is 10.3 Å². The molecule has 0 unspecified atom stereocenters. The van der Waals surface area contributed by atoms with Gasteiger partial charge in [0.1, 0.15) is 0 Å². The predicted octanol–water partition coefficient (Wildman–Crippen LogP) is 2.13. The highest BCUT2D eigenvalue weighted by Crippen LogP contribution is 2.32. The van der Waals surface area contributed by atoms with E-state index in [1.807, 2.05) is 0 Å². The normalized spacial score (nSPS) is 20.7. The highest BCUT2D eigenvalue weighted by molar-refractivity contribution is 5.38. The van der Waals surface area contributed by atoms with Gasteiger partial charge in [-0.15, -0.1) is 0 Å². The molecule has 0 amide bonds. The van der Waals surface area contributed by atoms with Gasteiger partial charge in [0.05, 0.1) is 0 Å². The monoisotopic (exact) mass is 169 g/mol. The van der Waals surface area contributed by atoms with Crippen molar-refractivity contribution >= 4 is 6.47 Å². The largest absolute Gasteiger partial charge is 0.455 e. The summed E-state index contributed by atoms with van der Waals surface area (Å²) in [4.78, 5) is 12.8. The van der Waals surface area contributed by atoms with Crippen molar-refractivity contribution < 1.29 is 9.53 Å². The van der Waals surface area contributed by atoms with Crippen molar-refractivity contribution in [3.63, 3.8) is 0 Å². The zero-order valence-electron chi connectivity index (χ0n) is 6.77. The van der Waals surface area contributed by atoms with Crippen molar-refractivity contribution in [3.05, 3.63) is 10.4 Å². The predicted molar refractivity (Wildman–Crippen MR) is 42.1 cm³/mol. The Hall–Kier alpha value is -1.22. The highest BCUT2D eigenvalue weighted by atomic mass is 16.6. The van der Waals surface area contributed by atoms with E-state index in [1.54, 1.807) is 0 Å². The van der Waals surface area contributed by atoms with E-state index in [2.05, 4.69) is 10.0 Å². The third-order valence-corrected chi connectivity index (χ3v) is 2.13. The van der Waals surface area contributed by atoms with E-state index < -0.39 is 5.72 Å². The first-order valence-electron chi connectivity index (χ1n) is 4.01. The number of carbonyl (C=O) groups is 1. The van der Waals surface area contributed by atoms with Crippen LogP contribution in [0, 0.1) is 0 Å². The summed E-state index contributed by atoms with van der Waals surface area (Å²) >= 11 is 0. The van der Waals surface area contributed by atoms with Crippen LogP contribution in [-0.4, -0.2) is 12.2 Å². The Kier molecular flexibility index (Phi) is 2.94. The summed E-state index contributed by atoms with van der Waals surface area (Å²) in [6, 6.07) is 0. The minimum atomic E-state index is -0.880. The van der Waals surface area contributed by atoms with Gasteiger partial charge >= 0.3 is 0 Å². The van der Waals surface area contributed by atoms with Gasteiger partial charge < -0.3 is 4.74 Å².